The molecular formula is C27H31ClN2O4. The summed E-state index contributed by atoms with van der Waals surface area (Å²) in [5.74, 6) is 1.49. The normalized spacial score (nSPS) is 10.6. The summed E-state index contributed by atoms with van der Waals surface area (Å²) in [4.78, 5) is 12.3. The third-order valence-electron chi connectivity index (χ3n) is 5.14. The highest BCUT2D eigenvalue weighted by Gasteiger charge is 2.15. The lowest BCUT2D eigenvalue weighted by molar-refractivity contribution is -0.118. The number of para-hydroxylation sites is 1. The molecule has 3 aromatic rings. The number of carbonyl (C=O) groups is 1. The summed E-state index contributed by atoms with van der Waals surface area (Å²) in [5, 5.41) is 6.63. The maximum atomic E-state index is 12.3. The van der Waals surface area contributed by atoms with Gasteiger partial charge in [-0.15, -0.1) is 0 Å². The van der Waals surface area contributed by atoms with Crippen LogP contribution in [0.4, 0.5) is 5.69 Å². The zero-order valence-electron chi connectivity index (χ0n) is 19.8. The lowest BCUT2D eigenvalue weighted by atomic mass is 10.1. The van der Waals surface area contributed by atoms with E-state index in [-0.39, 0.29) is 12.5 Å². The van der Waals surface area contributed by atoms with Gasteiger partial charge in [0.1, 0.15) is 5.75 Å². The molecule has 7 heteroatoms. The Morgan fingerprint density at radius 1 is 1.00 bits per heavy atom. The molecule has 0 radical (unpaired) electrons. The Kier molecular flexibility index (Phi) is 9.62. The van der Waals surface area contributed by atoms with E-state index in [2.05, 4.69) is 16.7 Å². The third kappa shape index (κ3) is 7.40. The van der Waals surface area contributed by atoms with Crippen LogP contribution in [0.3, 0.4) is 0 Å². The number of rotatable bonds is 12. The molecule has 3 aromatic carbocycles. The van der Waals surface area contributed by atoms with Gasteiger partial charge in [0, 0.05) is 12.2 Å². The fraction of sp³-hybridized carbons (Fsp3) is 0.296. The van der Waals surface area contributed by atoms with Crippen LogP contribution in [-0.4, -0.2) is 32.8 Å². The smallest absolute Gasteiger partial charge is 0.262 e. The van der Waals surface area contributed by atoms with E-state index in [1.165, 1.54) is 0 Å². The Labute approximate surface area is 206 Å². The molecule has 0 fully saturated rings. The first-order chi connectivity index (χ1) is 16.5. The Morgan fingerprint density at radius 3 is 2.50 bits per heavy atom. The number of aryl methyl sites for hydroxylation is 1. The van der Waals surface area contributed by atoms with Crippen molar-refractivity contribution in [2.24, 2.45) is 0 Å². The summed E-state index contributed by atoms with van der Waals surface area (Å²) in [7, 11) is 1.68. The van der Waals surface area contributed by atoms with Crippen LogP contribution in [0, 0.1) is 6.92 Å². The van der Waals surface area contributed by atoms with Crippen LogP contribution >= 0.6 is 11.6 Å². The summed E-state index contributed by atoms with van der Waals surface area (Å²) < 4.78 is 16.9. The minimum absolute atomic E-state index is 0.176. The highest BCUT2D eigenvalue weighted by molar-refractivity contribution is 6.32. The number of methoxy groups -OCH3 is 1. The van der Waals surface area contributed by atoms with Gasteiger partial charge in [0.25, 0.3) is 5.91 Å². The van der Waals surface area contributed by atoms with Crippen molar-refractivity contribution in [1.29, 1.82) is 0 Å². The molecule has 0 saturated heterocycles. The van der Waals surface area contributed by atoms with Crippen molar-refractivity contribution < 1.29 is 19.0 Å². The maximum absolute atomic E-state index is 12.3. The van der Waals surface area contributed by atoms with E-state index in [1.54, 1.807) is 7.11 Å². The topological polar surface area (TPSA) is 68.8 Å². The van der Waals surface area contributed by atoms with Crippen molar-refractivity contribution in [1.82, 2.24) is 5.32 Å². The number of benzene rings is 3. The standard InChI is InChI=1S/C27H31ClN2O4/c1-4-33-25-16-20(17-29-14-13-21-7-5-6-8-24(21)32-3)15-23(28)27(25)34-18-26(31)30-22-11-9-19(2)10-12-22/h5-12,15-16,29H,4,13-14,17-18H2,1-3H3,(H,30,31). The molecule has 0 spiro atoms. The van der Waals surface area contributed by atoms with Gasteiger partial charge in [-0.25, -0.2) is 0 Å². The Morgan fingerprint density at radius 2 is 1.76 bits per heavy atom. The molecule has 6 nitrogen and oxygen atoms in total. The van der Waals surface area contributed by atoms with E-state index in [0.29, 0.717) is 35.4 Å². The van der Waals surface area contributed by atoms with Crippen molar-refractivity contribution in [2.75, 3.05) is 32.2 Å². The Hall–Kier alpha value is -3.22. The van der Waals surface area contributed by atoms with Gasteiger partial charge in [0.15, 0.2) is 18.1 Å². The van der Waals surface area contributed by atoms with Gasteiger partial charge in [-0.05, 0) is 68.3 Å². The number of nitrogens with one attached hydrogen (secondary N) is 2. The van der Waals surface area contributed by atoms with Gasteiger partial charge in [-0.1, -0.05) is 47.5 Å². The van der Waals surface area contributed by atoms with Crippen LogP contribution in [0.15, 0.2) is 60.7 Å². The number of carbonyl (C=O) groups excluding carboxylic acids is 1. The number of halogens is 1. The Balaban J connectivity index is 1.57. The molecule has 0 aliphatic carbocycles. The summed E-state index contributed by atoms with van der Waals surface area (Å²) in [6, 6.07) is 19.3. The summed E-state index contributed by atoms with van der Waals surface area (Å²) >= 11 is 6.50. The first kappa shape index (κ1) is 25.4. The lowest BCUT2D eigenvalue weighted by Crippen LogP contribution is -2.20. The average Bonchev–Trinajstić information content (AvgIpc) is 2.83. The summed E-state index contributed by atoms with van der Waals surface area (Å²) in [5.41, 5.74) is 3.95. The first-order valence-corrected chi connectivity index (χ1v) is 11.6. The highest BCUT2D eigenvalue weighted by Crippen LogP contribution is 2.36. The molecule has 3 rings (SSSR count). The van der Waals surface area contributed by atoms with Crippen LogP contribution < -0.4 is 24.8 Å². The molecule has 180 valence electrons. The molecule has 0 aromatic heterocycles. The van der Waals surface area contributed by atoms with Crippen molar-refractivity contribution in [3.63, 3.8) is 0 Å². The van der Waals surface area contributed by atoms with E-state index < -0.39 is 0 Å². The van der Waals surface area contributed by atoms with Gasteiger partial charge in [-0.3, -0.25) is 4.79 Å². The lowest BCUT2D eigenvalue weighted by Gasteiger charge is -2.16. The van der Waals surface area contributed by atoms with E-state index in [0.717, 1.165) is 35.4 Å². The summed E-state index contributed by atoms with van der Waals surface area (Å²) in [6.07, 6.45) is 0.841. The average molecular weight is 483 g/mol. The van der Waals surface area contributed by atoms with Gasteiger partial charge in [0.2, 0.25) is 0 Å². The number of anilines is 1. The zero-order chi connectivity index (χ0) is 24.3. The predicted octanol–water partition coefficient (Wildman–Crippen LogP) is 5.41. The second-order valence-electron chi connectivity index (χ2n) is 7.78. The third-order valence-corrected chi connectivity index (χ3v) is 5.43. The van der Waals surface area contributed by atoms with Gasteiger partial charge in [0.05, 0.1) is 18.7 Å². The molecule has 1 amide bonds. The van der Waals surface area contributed by atoms with Crippen molar-refractivity contribution in [3.8, 4) is 17.2 Å². The predicted molar refractivity (Wildman–Crippen MR) is 136 cm³/mol. The number of amides is 1. The minimum atomic E-state index is -0.274. The zero-order valence-corrected chi connectivity index (χ0v) is 20.6. The largest absolute Gasteiger partial charge is 0.496 e. The monoisotopic (exact) mass is 482 g/mol. The van der Waals surface area contributed by atoms with E-state index >= 15 is 0 Å². The van der Waals surface area contributed by atoms with Gasteiger partial charge in [-0.2, -0.15) is 0 Å². The molecule has 34 heavy (non-hydrogen) atoms. The fourth-order valence-electron chi connectivity index (χ4n) is 3.46. The molecular weight excluding hydrogens is 452 g/mol. The second-order valence-corrected chi connectivity index (χ2v) is 8.19. The van der Waals surface area contributed by atoms with Crippen molar-refractivity contribution in [3.05, 3.63) is 82.4 Å². The molecule has 0 heterocycles. The highest BCUT2D eigenvalue weighted by atomic mass is 35.5. The second kappa shape index (κ2) is 12.9. The van der Waals surface area contributed by atoms with E-state index in [4.69, 9.17) is 25.8 Å². The molecule has 0 atom stereocenters. The number of hydrogen-bond donors (Lipinski definition) is 2. The van der Waals surface area contributed by atoms with Crippen LogP contribution in [0.2, 0.25) is 5.02 Å². The Bertz CT molecular complexity index is 1090. The quantitative estimate of drug-likeness (QED) is 0.338. The minimum Gasteiger partial charge on any atom is -0.496 e. The van der Waals surface area contributed by atoms with Crippen LogP contribution in [-0.2, 0) is 17.8 Å². The van der Waals surface area contributed by atoms with Crippen molar-refractivity contribution >= 4 is 23.2 Å². The molecule has 0 aliphatic heterocycles. The fourth-order valence-corrected chi connectivity index (χ4v) is 3.75. The van der Waals surface area contributed by atoms with Crippen LogP contribution in [0.25, 0.3) is 0 Å². The first-order valence-electron chi connectivity index (χ1n) is 11.3. The summed E-state index contributed by atoms with van der Waals surface area (Å²) in [6.45, 7) is 5.55. The van der Waals surface area contributed by atoms with Crippen molar-refractivity contribution in [2.45, 2.75) is 26.8 Å². The molecule has 0 aliphatic rings. The molecule has 2 N–H and O–H groups in total. The SMILES string of the molecule is CCOc1cc(CNCCc2ccccc2OC)cc(Cl)c1OCC(=O)Nc1ccc(C)cc1. The molecule has 0 saturated carbocycles. The van der Waals surface area contributed by atoms with E-state index in [1.807, 2.05) is 68.4 Å². The molecule has 0 unspecified atom stereocenters. The van der Waals surface area contributed by atoms with Crippen LogP contribution in [0.5, 0.6) is 17.2 Å². The van der Waals surface area contributed by atoms with Crippen LogP contribution in [0.1, 0.15) is 23.6 Å². The molecule has 0 bridgehead atoms. The number of ether oxygens (including phenoxy) is 3. The number of hydrogen-bond acceptors (Lipinski definition) is 5. The maximum Gasteiger partial charge on any atom is 0.262 e. The van der Waals surface area contributed by atoms with Gasteiger partial charge < -0.3 is 24.8 Å². The van der Waals surface area contributed by atoms with Gasteiger partial charge >= 0.3 is 0 Å². The van der Waals surface area contributed by atoms with E-state index in [9.17, 15) is 4.79 Å².